The molecule has 1 aromatic rings. The Balaban J connectivity index is 2.87. The Morgan fingerprint density at radius 2 is 1.92 bits per heavy atom. The van der Waals surface area contributed by atoms with Gasteiger partial charge in [-0.1, -0.05) is 0 Å². The molecule has 0 fully saturated rings. The normalized spacial score (nSPS) is 12.4. The lowest BCUT2D eigenvalue weighted by atomic mass is 10.0. The Kier molecular flexibility index (Phi) is 7.49. The highest BCUT2D eigenvalue weighted by Crippen LogP contribution is 2.31. The Morgan fingerprint density at radius 3 is 2.44 bits per heavy atom. The van der Waals surface area contributed by atoms with E-state index in [9.17, 15) is 22.8 Å². The number of carboxylic acids is 1. The van der Waals surface area contributed by atoms with Gasteiger partial charge in [-0.25, -0.2) is 0 Å². The number of ether oxygens (including phenoxy) is 3. The quantitative estimate of drug-likeness (QED) is 0.694. The Morgan fingerprint density at radius 1 is 1.24 bits per heavy atom. The molecule has 0 heterocycles. The number of hydrogen-bond acceptors (Lipinski definition) is 5. The molecule has 1 rings (SSSR count). The number of nitrogens with one attached hydrogen (secondary N) is 1. The Labute approximate surface area is 141 Å². The number of aliphatic carboxylic acids is 1. The summed E-state index contributed by atoms with van der Waals surface area (Å²) in [6.45, 7) is -2.43. The van der Waals surface area contributed by atoms with E-state index in [1.54, 1.807) is 6.07 Å². The van der Waals surface area contributed by atoms with E-state index in [4.69, 9.17) is 14.6 Å². The zero-order valence-corrected chi connectivity index (χ0v) is 13.6. The number of benzene rings is 1. The number of hydrogen-bond donors (Lipinski definition) is 2. The average molecular weight is 365 g/mol. The molecule has 0 radical (unpaired) electrons. The van der Waals surface area contributed by atoms with Crippen molar-refractivity contribution in [3.63, 3.8) is 0 Å². The van der Waals surface area contributed by atoms with Gasteiger partial charge in [0, 0.05) is 11.6 Å². The molecule has 0 aliphatic rings. The lowest BCUT2D eigenvalue weighted by Crippen LogP contribution is -2.34. The summed E-state index contributed by atoms with van der Waals surface area (Å²) in [6.07, 6.45) is -5.05. The summed E-state index contributed by atoms with van der Waals surface area (Å²) in [5, 5.41) is 11.3. The monoisotopic (exact) mass is 365 g/mol. The minimum Gasteiger partial charge on any atom is -0.497 e. The third kappa shape index (κ3) is 7.29. The first-order valence-corrected chi connectivity index (χ1v) is 7.04. The minimum absolute atomic E-state index is 0.266. The fourth-order valence-electron chi connectivity index (χ4n) is 2.02. The second kappa shape index (κ2) is 9.11. The first-order valence-electron chi connectivity index (χ1n) is 7.04. The predicted molar refractivity (Wildman–Crippen MR) is 79.6 cm³/mol. The van der Waals surface area contributed by atoms with Crippen LogP contribution in [0.1, 0.15) is 18.0 Å². The van der Waals surface area contributed by atoms with E-state index in [-0.39, 0.29) is 5.75 Å². The molecule has 1 unspecified atom stereocenters. The lowest BCUT2D eigenvalue weighted by molar-refractivity contribution is -0.175. The lowest BCUT2D eigenvalue weighted by Gasteiger charge is -2.20. The fraction of sp³-hybridized carbons (Fsp3) is 0.467. The van der Waals surface area contributed by atoms with E-state index in [1.165, 1.54) is 26.4 Å². The third-order valence-corrected chi connectivity index (χ3v) is 3.03. The van der Waals surface area contributed by atoms with Crippen LogP contribution in [0.4, 0.5) is 13.2 Å². The molecule has 0 spiro atoms. The molecule has 1 aromatic carbocycles. The van der Waals surface area contributed by atoms with Gasteiger partial charge in [0.15, 0.2) is 0 Å². The smallest absolute Gasteiger partial charge is 0.411 e. The minimum atomic E-state index is -4.56. The van der Waals surface area contributed by atoms with E-state index in [2.05, 4.69) is 10.1 Å². The van der Waals surface area contributed by atoms with Gasteiger partial charge in [0.1, 0.15) is 24.7 Å². The second-order valence-electron chi connectivity index (χ2n) is 4.93. The molecule has 2 N–H and O–H groups in total. The number of methoxy groups -OCH3 is 2. The van der Waals surface area contributed by atoms with Crippen molar-refractivity contribution in [3.05, 3.63) is 23.8 Å². The molecule has 25 heavy (non-hydrogen) atoms. The molecule has 1 atom stereocenters. The second-order valence-corrected chi connectivity index (χ2v) is 4.93. The van der Waals surface area contributed by atoms with Crippen LogP contribution < -0.4 is 14.8 Å². The summed E-state index contributed by atoms with van der Waals surface area (Å²) in [6, 6.07) is 3.53. The fourth-order valence-corrected chi connectivity index (χ4v) is 2.02. The summed E-state index contributed by atoms with van der Waals surface area (Å²) >= 11 is 0. The van der Waals surface area contributed by atoms with Crippen LogP contribution >= 0.6 is 0 Å². The van der Waals surface area contributed by atoms with Gasteiger partial charge in [-0.05, 0) is 12.1 Å². The number of alkyl halides is 3. The first-order chi connectivity index (χ1) is 11.7. The first kappa shape index (κ1) is 20.6. The van der Waals surface area contributed by atoms with Gasteiger partial charge in [-0.3, -0.25) is 9.59 Å². The van der Waals surface area contributed by atoms with E-state index >= 15 is 0 Å². The van der Waals surface area contributed by atoms with Crippen molar-refractivity contribution >= 4 is 11.9 Å². The summed E-state index contributed by atoms with van der Waals surface area (Å²) in [4.78, 5) is 22.8. The van der Waals surface area contributed by atoms with Crippen LogP contribution in [0.15, 0.2) is 18.2 Å². The Hall–Kier alpha value is -2.49. The van der Waals surface area contributed by atoms with Crippen molar-refractivity contribution in [2.45, 2.75) is 18.6 Å². The van der Waals surface area contributed by atoms with Gasteiger partial charge in [0.05, 0.1) is 26.7 Å². The summed E-state index contributed by atoms with van der Waals surface area (Å²) in [5.41, 5.74) is 0.342. The number of carbonyl (C=O) groups is 2. The molecule has 0 bridgehead atoms. The number of halogens is 3. The Bertz CT molecular complexity index is 605. The molecular weight excluding hydrogens is 347 g/mol. The van der Waals surface area contributed by atoms with Crippen molar-refractivity contribution in [3.8, 4) is 11.5 Å². The summed E-state index contributed by atoms with van der Waals surface area (Å²) in [5.74, 6) is -1.37. The van der Waals surface area contributed by atoms with E-state index in [0.717, 1.165) is 0 Å². The molecule has 0 aromatic heterocycles. The van der Waals surface area contributed by atoms with Gasteiger partial charge in [-0.15, -0.1) is 0 Å². The number of amides is 1. The van der Waals surface area contributed by atoms with Crippen molar-refractivity contribution in [2.24, 2.45) is 0 Å². The third-order valence-electron chi connectivity index (χ3n) is 3.03. The molecule has 0 aliphatic carbocycles. The van der Waals surface area contributed by atoms with Gasteiger partial charge in [-0.2, -0.15) is 13.2 Å². The molecule has 0 saturated carbocycles. The topological polar surface area (TPSA) is 94.1 Å². The van der Waals surface area contributed by atoms with E-state index < -0.39 is 43.7 Å². The molecular formula is C15H18F3NO6. The largest absolute Gasteiger partial charge is 0.497 e. The maximum atomic E-state index is 12.0. The van der Waals surface area contributed by atoms with Crippen LogP contribution in [0.2, 0.25) is 0 Å². The number of rotatable bonds is 9. The highest BCUT2D eigenvalue weighted by molar-refractivity contribution is 5.79. The zero-order valence-electron chi connectivity index (χ0n) is 13.6. The highest BCUT2D eigenvalue weighted by atomic mass is 19.4. The van der Waals surface area contributed by atoms with Crippen molar-refractivity contribution in [2.75, 3.05) is 27.4 Å². The summed E-state index contributed by atoms with van der Waals surface area (Å²) < 4.78 is 50.5. The van der Waals surface area contributed by atoms with Crippen LogP contribution in [0, 0.1) is 0 Å². The van der Waals surface area contributed by atoms with Crippen molar-refractivity contribution in [1.29, 1.82) is 0 Å². The van der Waals surface area contributed by atoms with Crippen LogP contribution in [-0.4, -0.2) is 50.6 Å². The van der Waals surface area contributed by atoms with Crippen molar-refractivity contribution < 1.29 is 42.1 Å². The number of carbonyl (C=O) groups excluding carboxylic acids is 1. The van der Waals surface area contributed by atoms with Crippen LogP contribution in [0.25, 0.3) is 0 Å². The van der Waals surface area contributed by atoms with Gasteiger partial charge in [0.25, 0.3) is 0 Å². The standard InChI is InChI=1S/C15H18F3NO6/c1-23-9-3-4-10(12(5-9)24-2)11(6-14(21)22)19-13(20)7-25-8-15(16,17)18/h3-5,11H,6-8H2,1-2H3,(H,19,20)(H,21,22). The van der Waals surface area contributed by atoms with E-state index in [1.807, 2.05) is 0 Å². The van der Waals surface area contributed by atoms with Crippen molar-refractivity contribution in [1.82, 2.24) is 5.32 Å². The zero-order chi connectivity index (χ0) is 19.0. The molecule has 10 heteroatoms. The molecule has 0 saturated heterocycles. The highest BCUT2D eigenvalue weighted by Gasteiger charge is 2.28. The maximum Gasteiger partial charge on any atom is 0.411 e. The van der Waals surface area contributed by atoms with Gasteiger partial charge < -0.3 is 24.6 Å². The number of carboxylic acid groups (broad SMARTS) is 1. The van der Waals surface area contributed by atoms with Gasteiger partial charge in [0.2, 0.25) is 5.91 Å². The average Bonchev–Trinajstić information content (AvgIpc) is 2.51. The van der Waals surface area contributed by atoms with Crippen LogP contribution in [-0.2, 0) is 14.3 Å². The molecule has 0 aliphatic heterocycles. The molecule has 1 amide bonds. The predicted octanol–water partition coefficient (Wildman–Crippen LogP) is 1.91. The van der Waals surface area contributed by atoms with Crippen LogP contribution in [0.3, 0.4) is 0 Å². The molecule has 140 valence electrons. The maximum absolute atomic E-state index is 12.0. The van der Waals surface area contributed by atoms with Gasteiger partial charge >= 0.3 is 12.1 Å². The summed E-state index contributed by atoms with van der Waals surface area (Å²) in [7, 11) is 2.79. The SMILES string of the molecule is COc1ccc(C(CC(=O)O)NC(=O)COCC(F)(F)F)c(OC)c1. The van der Waals surface area contributed by atoms with Crippen LogP contribution in [0.5, 0.6) is 11.5 Å². The molecule has 7 nitrogen and oxygen atoms in total. The van der Waals surface area contributed by atoms with E-state index in [0.29, 0.717) is 11.3 Å².